The van der Waals surface area contributed by atoms with Crippen LogP contribution in [0.5, 0.6) is 11.5 Å². The highest BCUT2D eigenvalue weighted by Crippen LogP contribution is 2.35. The Bertz CT molecular complexity index is 643. The Hall–Kier alpha value is -1.92. The van der Waals surface area contributed by atoms with Gasteiger partial charge in [0, 0.05) is 12.1 Å². The maximum Gasteiger partial charge on any atom is 0.265 e. The number of nitrogen functional groups attached to an aromatic ring is 1. The van der Waals surface area contributed by atoms with Gasteiger partial charge in [-0.15, -0.1) is 11.3 Å². The number of nitrogens with one attached hydrogen (secondary N) is 1. The molecule has 0 aliphatic rings. The summed E-state index contributed by atoms with van der Waals surface area (Å²) in [7, 11) is 3.03. The molecule has 0 aliphatic carbocycles. The van der Waals surface area contributed by atoms with Crippen LogP contribution in [0.4, 0.5) is 11.4 Å². The fourth-order valence-corrected chi connectivity index (χ4v) is 2.56. The molecule has 0 bridgehead atoms. The molecule has 1 aromatic heterocycles. The normalized spacial score (nSPS) is 10.2. The summed E-state index contributed by atoms with van der Waals surface area (Å²) >= 11 is 7.00. The molecule has 0 atom stereocenters. The van der Waals surface area contributed by atoms with Crippen molar-refractivity contribution in [2.75, 3.05) is 25.3 Å². The molecule has 106 valence electrons. The fraction of sp³-hybridized carbons (Fsp3) is 0.154. The molecule has 0 saturated carbocycles. The van der Waals surface area contributed by atoms with Gasteiger partial charge in [0.25, 0.3) is 5.91 Å². The minimum absolute atomic E-state index is 0.277. The summed E-state index contributed by atoms with van der Waals surface area (Å²) < 4.78 is 10.9. The zero-order valence-electron chi connectivity index (χ0n) is 10.9. The van der Waals surface area contributed by atoms with Crippen molar-refractivity contribution in [3.63, 3.8) is 0 Å². The SMILES string of the molecule is COc1cc(N)c(NC(=O)c2ccc(Cl)s2)cc1OC. The van der Waals surface area contributed by atoms with E-state index in [0.717, 1.165) is 0 Å². The summed E-state index contributed by atoms with van der Waals surface area (Å²) in [6.45, 7) is 0. The Balaban J connectivity index is 2.27. The first-order chi connectivity index (χ1) is 9.55. The van der Waals surface area contributed by atoms with Gasteiger partial charge in [-0.2, -0.15) is 0 Å². The Labute approximate surface area is 125 Å². The van der Waals surface area contributed by atoms with Crippen LogP contribution in [0.15, 0.2) is 24.3 Å². The standard InChI is InChI=1S/C13H13ClN2O3S/c1-18-9-5-7(15)8(6-10(9)19-2)16-13(17)11-3-4-12(14)20-11/h3-6H,15H2,1-2H3,(H,16,17). The van der Waals surface area contributed by atoms with Crippen molar-refractivity contribution in [2.45, 2.75) is 0 Å². The quantitative estimate of drug-likeness (QED) is 0.850. The second kappa shape index (κ2) is 6.02. The van der Waals surface area contributed by atoms with Gasteiger partial charge in [0.05, 0.1) is 34.8 Å². The lowest BCUT2D eigenvalue weighted by Gasteiger charge is -2.13. The van der Waals surface area contributed by atoms with E-state index in [4.69, 9.17) is 26.8 Å². The Morgan fingerprint density at radius 2 is 1.90 bits per heavy atom. The van der Waals surface area contributed by atoms with Crippen molar-refractivity contribution in [3.8, 4) is 11.5 Å². The third-order valence-electron chi connectivity index (χ3n) is 2.60. The number of carbonyl (C=O) groups excluding carboxylic acids is 1. The van der Waals surface area contributed by atoms with Crippen molar-refractivity contribution < 1.29 is 14.3 Å². The lowest BCUT2D eigenvalue weighted by atomic mass is 10.2. The number of amides is 1. The molecule has 0 saturated heterocycles. The molecular formula is C13H13ClN2O3S. The average Bonchev–Trinajstić information content (AvgIpc) is 2.87. The van der Waals surface area contributed by atoms with Crippen LogP contribution < -0.4 is 20.5 Å². The van der Waals surface area contributed by atoms with Gasteiger partial charge in [0.2, 0.25) is 0 Å². The van der Waals surface area contributed by atoms with E-state index in [2.05, 4.69) is 5.32 Å². The summed E-state index contributed by atoms with van der Waals surface area (Å²) in [6, 6.07) is 6.52. The van der Waals surface area contributed by atoms with Gasteiger partial charge in [-0.3, -0.25) is 4.79 Å². The molecule has 7 heteroatoms. The van der Waals surface area contributed by atoms with E-state index < -0.39 is 0 Å². The van der Waals surface area contributed by atoms with Crippen LogP contribution in [0.3, 0.4) is 0 Å². The Kier molecular flexibility index (Phi) is 4.36. The number of rotatable bonds is 4. The zero-order chi connectivity index (χ0) is 14.7. The molecule has 3 N–H and O–H groups in total. The molecule has 1 aromatic carbocycles. The Morgan fingerprint density at radius 1 is 1.25 bits per heavy atom. The lowest BCUT2D eigenvalue weighted by molar-refractivity contribution is 0.103. The molecule has 0 aliphatic heterocycles. The molecule has 20 heavy (non-hydrogen) atoms. The van der Waals surface area contributed by atoms with Crippen LogP contribution in [0, 0.1) is 0 Å². The van der Waals surface area contributed by atoms with Crippen LogP contribution in [-0.4, -0.2) is 20.1 Å². The van der Waals surface area contributed by atoms with Crippen LogP contribution >= 0.6 is 22.9 Å². The number of benzene rings is 1. The van der Waals surface area contributed by atoms with E-state index in [9.17, 15) is 4.79 Å². The topological polar surface area (TPSA) is 73.6 Å². The second-order valence-corrected chi connectivity index (χ2v) is 5.57. The Morgan fingerprint density at radius 3 is 2.45 bits per heavy atom. The number of anilines is 2. The van der Waals surface area contributed by atoms with E-state index >= 15 is 0 Å². The smallest absolute Gasteiger partial charge is 0.265 e. The molecule has 2 rings (SSSR count). The van der Waals surface area contributed by atoms with Crippen molar-refractivity contribution in [1.29, 1.82) is 0 Å². The highest BCUT2D eigenvalue weighted by atomic mass is 35.5. The number of methoxy groups -OCH3 is 2. The summed E-state index contributed by atoms with van der Waals surface area (Å²) in [4.78, 5) is 12.6. The van der Waals surface area contributed by atoms with Crippen molar-refractivity contribution in [2.24, 2.45) is 0 Å². The zero-order valence-corrected chi connectivity index (χ0v) is 12.5. The lowest BCUT2D eigenvalue weighted by Crippen LogP contribution is -2.12. The van der Waals surface area contributed by atoms with E-state index in [0.29, 0.717) is 32.1 Å². The maximum absolute atomic E-state index is 12.0. The molecular weight excluding hydrogens is 300 g/mol. The summed E-state index contributed by atoms with van der Waals surface area (Å²) in [5, 5.41) is 2.72. The van der Waals surface area contributed by atoms with Gasteiger partial charge < -0.3 is 20.5 Å². The van der Waals surface area contributed by atoms with Crippen LogP contribution in [0.25, 0.3) is 0 Å². The summed E-state index contributed by atoms with van der Waals surface area (Å²) in [5.74, 6) is 0.712. The number of nitrogens with two attached hydrogens (primary N) is 1. The first-order valence-corrected chi connectivity index (χ1v) is 6.82. The largest absolute Gasteiger partial charge is 0.493 e. The van der Waals surface area contributed by atoms with E-state index in [1.54, 1.807) is 24.3 Å². The van der Waals surface area contributed by atoms with Crippen molar-refractivity contribution >= 4 is 40.2 Å². The molecule has 1 amide bonds. The average molecular weight is 313 g/mol. The number of hydrogen-bond donors (Lipinski definition) is 2. The molecule has 0 radical (unpaired) electrons. The highest BCUT2D eigenvalue weighted by molar-refractivity contribution is 7.18. The van der Waals surface area contributed by atoms with Gasteiger partial charge in [-0.05, 0) is 12.1 Å². The van der Waals surface area contributed by atoms with Gasteiger partial charge in [0.1, 0.15) is 0 Å². The summed E-state index contributed by atoms with van der Waals surface area (Å²) in [6.07, 6.45) is 0. The minimum atomic E-state index is -0.277. The fourth-order valence-electron chi connectivity index (χ4n) is 1.62. The van der Waals surface area contributed by atoms with Gasteiger partial charge >= 0.3 is 0 Å². The second-order valence-electron chi connectivity index (χ2n) is 3.85. The van der Waals surface area contributed by atoms with Crippen molar-refractivity contribution in [3.05, 3.63) is 33.5 Å². The van der Waals surface area contributed by atoms with Crippen LogP contribution in [-0.2, 0) is 0 Å². The first kappa shape index (κ1) is 14.5. The van der Waals surface area contributed by atoms with Gasteiger partial charge in [-0.25, -0.2) is 0 Å². The van der Waals surface area contributed by atoms with Gasteiger partial charge in [-0.1, -0.05) is 11.6 Å². The van der Waals surface area contributed by atoms with E-state index in [1.165, 1.54) is 25.6 Å². The number of carbonyl (C=O) groups is 1. The predicted molar refractivity (Wildman–Crippen MR) is 81.2 cm³/mol. The van der Waals surface area contributed by atoms with Crippen LogP contribution in [0.1, 0.15) is 9.67 Å². The molecule has 1 heterocycles. The number of hydrogen-bond acceptors (Lipinski definition) is 5. The minimum Gasteiger partial charge on any atom is -0.493 e. The number of ether oxygens (including phenoxy) is 2. The predicted octanol–water partition coefficient (Wildman–Crippen LogP) is 3.25. The van der Waals surface area contributed by atoms with Crippen LogP contribution in [0.2, 0.25) is 4.34 Å². The maximum atomic E-state index is 12.0. The first-order valence-electron chi connectivity index (χ1n) is 5.63. The van der Waals surface area contributed by atoms with E-state index in [1.807, 2.05) is 0 Å². The third-order valence-corrected chi connectivity index (χ3v) is 3.83. The van der Waals surface area contributed by atoms with Gasteiger partial charge in [0.15, 0.2) is 11.5 Å². The summed E-state index contributed by atoms with van der Waals surface area (Å²) in [5.41, 5.74) is 6.72. The number of halogens is 1. The monoisotopic (exact) mass is 312 g/mol. The van der Waals surface area contributed by atoms with E-state index in [-0.39, 0.29) is 5.91 Å². The molecule has 0 fully saturated rings. The molecule has 2 aromatic rings. The molecule has 5 nitrogen and oxygen atoms in total. The third kappa shape index (κ3) is 2.97. The molecule has 0 unspecified atom stereocenters. The van der Waals surface area contributed by atoms with Crippen molar-refractivity contribution in [1.82, 2.24) is 0 Å². The molecule has 0 spiro atoms. The number of thiophene rings is 1. The highest BCUT2D eigenvalue weighted by Gasteiger charge is 2.14.